The second-order valence-electron chi connectivity index (χ2n) is 5.43. The van der Waals surface area contributed by atoms with Gasteiger partial charge in [-0.2, -0.15) is 0 Å². The molecule has 1 aromatic carbocycles. The quantitative estimate of drug-likeness (QED) is 0.807. The van der Waals surface area contributed by atoms with Crippen molar-refractivity contribution in [3.63, 3.8) is 0 Å². The summed E-state index contributed by atoms with van der Waals surface area (Å²) in [5.74, 6) is 0.561. The first-order chi connectivity index (χ1) is 9.65. The predicted octanol–water partition coefficient (Wildman–Crippen LogP) is 2.91. The number of anilines is 1. The Morgan fingerprint density at radius 2 is 1.95 bits per heavy atom. The monoisotopic (exact) mass is 334 g/mol. The molecule has 20 heavy (non-hydrogen) atoms. The zero-order chi connectivity index (χ0) is 14.1. The van der Waals surface area contributed by atoms with Crippen molar-refractivity contribution in [2.24, 2.45) is 5.92 Å². The first-order valence-corrected chi connectivity index (χ1v) is 7.73. The molecule has 2 atom stereocenters. The van der Waals surface area contributed by atoms with Crippen molar-refractivity contribution >= 4 is 32.5 Å². The molecule has 2 unspecified atom stereocenters. The third-order valence-electron chi connectivity index (χ3n) is 4.05. The van der Waals surface area contributed by atoms with E-state index in [1.165, 1.54) is 0 Å². The number of hydrazine groups is 1. The van der Waals surface area contributed by atoms with Gasteiger partial charge in [0.1, 0.15) is 0 Å². The number of aromatic nitrogens is 1. The topological polar surface area (TPSA) is 49.0 Å². The summed E-state index contributed by atoms with van der Waals surface area (Å²) >= 11 is 3.53. The zero-order valence-corrected chi connectivity index (χ0v) is 13.2. The lowest BCUT2D eigenvalue weighted by Gasteiger charge is -2.19. The smallest absolute Gasteiger partial charge is 0.0723 e. The normalized spacial score (nSPS) is 26.1. The van der Waals surface area contributed by atoms with Crippen molar-refractivity contribution < 1.29 is 0 Å². The van der Waals surface area contributed by atoms with Gasteiger partial charge >= 0.3 is 0 Å². The van der Waals surface area contributed by atoms with E-state index in [-0.39, 0.29) is 0 Å². The van der Waals surface area contributed by atoms with Crippen LogP contribution < -0.4 is 16.2 Å². The summed E-state index contributed by atoms with van der Waals surface area (Å²) in [5, 5.41) is 4.73. The molecule has 0 aliphatic carbocycles. The maximum atomic E-state index is 4.41. The molecule has 3 N–H and O–H groups in total. The minimum Gasteiger partial charge on any atom is -0.384 e. The fraction of sp³-hybridized carbons (Fsp3) is 0.400. The number of nitrogens with one attached hydrogen (secondary N) is 3. The van der Waals surface area contributed by atoms with Crippen LogP contribution in [0.5, 0.6) is 0 Å². The van der Waals surface area contributed by atoms with Crippen LogP contribution in [0.2, 0.25) is 0 Å². The molecule has 1 fully saturated rings. The van der Waals surface area contributed by atoms with Crippen LogP contribution in [0.3, 0.4) is 0 Å². The van der Waals surface area contributed by atoms with Crippen LogP contribution in [-0.4, -0.2) is 23.6 Å². The fourth-order valence-electron chi connectivity index (χ4n) is 2.76. The number of benzene rings is 1. The molecule has 1 aliphatic heterocycles. The van der Waals surface area contributed by atoms with Crippen molar-refractivity contribution in [2.75, 3.05) is 11.9 Å². The summed E-state index contributed by atoms with van der Waals surface area (Å²) in [7, 11) is 0. The van der Waals surface area contributed by atoms with Crippen LogP contribution in [-0.2, 0) is 0 Å². The Balaban J connectivity index is 1.82. The molecule has 1 aliphatic rings. The second kappa shape index (κ2) is 5.68. The van der Waals surface area contributed by atoms with E-state index in [4.69, 9.17) is 0 Å². The van der Waals surface area contributed by atoms with E-state index in [2.05, 4.69) is 57.0 Å². The Bertz CT molecular complexity index is 606. The van der Waals surface area contributed by atoms with Gasteiger partial charge in [0.15, 0.2) is 0 Å². The lowest BCUT2D eigenvalue weighted by atomic mass is 9.96. The Labute approximate surface area is 127 Å². The van der Waals surface area contributed by atoms with Gasteiger partial charge in [-0.1, -0.05) is 15.9 Å². The summed E-state index contributed by atoms with van der Waals surface area (Å²) in [5.41, 5.74) is 8.74. The number of nitrogens with zero attached hydrogens (tertiary/aromatic N) is 1. The van der Waals surface area contributed by atoms with Gasteiger partial charge < -0.3 is 5.32 Å². The average Bonchev–Trinajstić information content (AvgIpc) is 2.76. The SMILES string of the molecule is CC1NNC(C)C1CNc1ccnc2ccc(Br)cc12. The molecular weight excluding hydrogens is 316 g/mol. The molecule has 106 valence electrons. The highest BCUT2D eigenvalue weighted by atomic mass is 79.9. The van der Waals surface area contributed by atoms with E-state index in [1.807, 2.05) is 24.4 Å². The molecule has 0 spiro atoms. The van der Waals surface area contributed by atoms with Crippen LogP contribution in [0, 0.1) is 5.92 Å². The summed E-state index contributed by atoms with van der Waals surface area (Å²) in [6, 6.07) is 9.15. The van der Waals surface area contributed by atoms with Gasteiger partial charge in [0, 0.05) is 46.3 Å². The number of halogens is 1. The van der Waals surface area contributed by atoms with Gasteiger partial charge in [0.05, 0.1) is 5.52 Å². The Morgan fingerprint density at radius 3 is 2.70 bits per heavy atom. The first-order valence-electron chi connectivity index (χ1n) is 6.94. The number of fused-ring (bicyclic) bond motifs is 1. The lowest BCUT2D eigenvalue weighted by molar-refractivity contribution is 0.467. The maximum absolute atomic E-state index is 4.41. The predicted molar refractivity (Wildman–Crippen MR) is 86.6 cm³/mol. The molecule has 3 rings (SSSR count). The van der Waals surface area contributed by atoms with Crippen molar-refractivity contribution in [3.05, 3.63) is 34.9 Å². The van der Waals surface area contributed by atoms with Gasteiger partial charge in [0.25, 0.3) is 0 Å². The van der Waals surface area contributed by atoms with Gasteiger partial charge in [-0.15, -0.1) is 0 Å². The second-order valence-corrected chi connectivity index (χ2v) is 6.35. The third kappa shape index (κ3) is 2.66. The minimum absolute atomic E-state index is 0.470. The number of pyridine rings is 1. The molecule has 2 heterocycles. The molecule has 4 nitrogen and oxygen atoms in total. The molecule has 0 radical (unpaired) electrons. The number of hydrogen-bond donors (Lipinski definition) is 3. The van der Waals surface area contributed by atoms with Gasteiger partial charge in [-0.05, 0) is 38.1 Å². The van der Waals surface area contributed by atoms with Gasteiger partial charge in [-0.3, -0.25) is 15.8 Å². The van der Waals surface area contributed by atoms with E-state index in [0.717, 1.165) is 27.6 Å². The standard InChI is InChI=1S/C15H19BrN4/c1-9-13(10(2)20-19-9)8-18-15-5-6-17-14-4-3-11(16)7-12(14)15/h3-7,9-10,13,19-20H,8H2,1-2H3,(H,17,18). The zero-order valence-electron chi connectivity index (χ0n) is 11.7. The number of hydrogen-bond acceptors (Lipinski definition) is 4. The molecule has 0 amide bonds. The van der Waals surface area contributed by atoms with E-state index >= 15 is 0 Å². The molecule has 5 heteroatoms. The lowest BCUT2D eigenvalue weighted by Crippen LogP contribution is -2.30. The molecular formula is C15H19BrN4. The molecule has 0 saturated carbocycles. The van der Waals surface area contributed by atoms with Crippen LogP contribution >= 0.6 is 15.9 Å². The van der Waals surface area contributed by atoms with Crippen LogP contribution in [0.25, 0.3) is 10.9 Å². The summed E-state index contributed by atoms with van der Waals surface area (Å²) in [4.78, 5) is 4.41. The highest BCUT2D eigenvalue weighted by molar-refractivity contribution is 9.10. The van der Waals surface area contributed by atoms with E-state index in [1.54, 1.807) is 0 Å². The Kier molecular flexibility index (Phi) is 3.92. The minimum atomic E-state index is 0.470. The largest absolute Gasteiger partial charge is 0.384 e. The molecule has 0 bridgehead atoms. The maximum Gasteiger partial charge on any atom is 0.0723 e. The van der Waals surface area contributed by atoms with Crippen molar-refractivity contribution in [1.82, 2.24) is 15.8 Å². The third-order valence-corrected chi connectivity index (χ3v) is 4.55. The summed E-state index contributed by atoms with van der Waals surface area (Å²) < 4.78 is 1.08. The highest BCUT2D eigenvalue weighted by Crippen LogP contribution is 2.26. The highest BCUT2D eigenvalue weighted by Gasteiger charge is 2.29. The first kappa shape index (κ1) is 13.8. The Hall–Kier alpha value is -1.17. The average molecular weight is 335 g/mol. The summed E-state index contributed by atoms with van der Waals surface area (Å²) in [6.45, 7) is 5.36. The molecule has 1 saturated heterocycles. The van der Waals surface area contributed by atoms with Crippen LogP contribution in [0.4, 0.5) is 5.69 Å². The van der Waals surface area contributed by atoms with E-state index < -0.39 is 0 Å². The Morgan fingerprint density at radius 1 is 1.20 bits per heavy atom. The van der Waals surface area contributed by atoms with E-state index in [0.29, 0.717) is 18.0 Å². The number of rotatable bonds is 3. The van der Waals surface area contributed by atoms with Crippen LogP contribution in [0.15, 0.2) is 34.9 Å². The van der Waals surface area contributed by atoms with Crippen molar-refractivity contribution in [3.8, 4) is 0 Å². The molecule has 2 aromatic rings. The van der Waals surface area contributed by atoms with Crippen molar-refractivity contribution in [2.45, 2.75) is 25.9 Å². The molecule has 1 aromatic heterocycles. The summed E-state index contributed by atoms with van der Waals surface area (Å²) in [6.07, 6.45) is 1.86. The van der Waals surface area contributed by atoms with Gasteiger partial charge in [0.2, 0.25) is 0 Å². The van der Waals surface area contributed by atoms with Crippen molar-refractivity contribution in [1.29, 1.82) is 0 Å². The fourth-order valence-corrected chi connectivity index (χ4v) is 3.13. The van der Waals surface area contributed by atoms with E-state index in [9.17, 15) is 0 Å². The van der Waals surface area contributed by atoms with Gasteiger partial charge in [-0.25, -0.2) is 0 Å². The van der Waals surface area contributed by atoms with Crippen LogP contribution in [0.1, 0.15) is 13.8 Å².